The Bertz CT molecular complexity index is 1510. The lowest BCUT2D eigenvalue weighted by atomic mass is 9.94. The summed E-state index contributed by atoms with van der Waals surface area (Å²) >= 11 is 3.57. The largest absolute Gasteiger partial charge is 0.494 e. The molecule has 0 saturated carbocycles. The standard InChI is InChI=1S/C31H27BrO4/c1-4-5-6-15-34-24-12-8-10-22(18-24)29(33)31-27(21-9-7-11-23(32)17-21)28-26(36-31)14-13-25-19(2)16-20(3)35-30(25)28/h7-14,16-18H,3-6,15H2,1-2H3. The second kappa shape index (κ2) is 10.2. The zero-order valence-electron chi connectivity index (χ0n) is 20.4. The molecule has 2 heterocycles. The average molecular weight is 543 g/mol. The molecule has 0 atom stereocenters. The van der Waals surface area contributed by atoms with Crippen molar-refractivity contribution in [1.82, 2.24) is 0 Å². The lowest BCUT2D eigenvalue weighted by Gasteiger charge is -2.19. The van der Waals surface area contributed by atoms with Gasteiger partial charge in [0.2, 0.25) is 5.78 Å². The topological polar surface area (TPSA) is 48.7 Å². The van der Waals surface area contributed by atoms with Crippen LogP contribution in [0.25, 0.3) is 27.7 Å². The van der Waals surface area contributed by atoms with Gasteiger partial charge in [-0.2, -0.15) is 0 Å². The lowest BCUT2D eigenvalue weighted by molar-refractivity contribution is 0.101. The van der Waals surface area contributed by atoms with E-state index in [2.05, 4.69) is 29.4 Å². The number of hydrogen-bond donors (Lipinski definition) is 0. The summed E-state index contributed by atoms with van der Waals surface area (Å²) in [5, 5.41) is 0.759. The number of fused-ring (bicyclic) bond motifs is 3. The van der Waals surface area contributed by atoms with Crippen molar-refractivity contribution in [2.45, 2.75) is 33.1 Å². The zero-order valence-corrected chi connectivity index (χ0v) is 22.0. The van der Waals surface area contributed by atoms with Crippen LogP contribution in [0.3, 0.4) is 0 Å². The monoisotopic (exact) mass is 542 g/mol. The number of rotatable bonds is 8. The van der Waals surface area contributed by atoms with Gasteiger partial charge < -0.3 is 13.9 Å². The Kier molecular flexibility index (Phi) is 6.84. The number of carbonyl (C=O) groups excluding carboxylic acids is 1. The van der Waals surface area contributed by atoms with E-state index in [-0.39, 0.29) is 11.5 Å². The van der Waals surface area contributed by atoms with Crippen LogP contribution in [0.4, 0.5) is 0 Å². The predicted molar refractivity (Wildman–Crippen MR) is 148 cm³/mol. The second-order valence-electron chi connectivity index (χ2n) is 8.94. The summed E-state index contributed by atoms with van der Waals surface area (Å²) in [6, 6.07) is 19.0. The highest BCUT2D eigenvalue weighted by molar-refractivity contribution is 9.10. The predicted octanol–water partition coefficient (Wildman–Crippen LogP) is 8.97. The summed E-state index contributed by atoms with van der Waals surface area (Å²) in [4.78, 5) is 13.9. The molecule has 1 aliphatic rings. The van der Waals surface area contributed by atoms with Crippen LogP contribution in [0.15, 0.2) is 88.0 Å². The molecule has 0 saturated heterocycles. The Hall–Kier alpha value is -3.57. The molecule has 36 heavy (non-hydrogen) atoms. The summed E-state index contributed by atoms with van der Waals surface area (Å²) in [6.45, 7) is 8.81. The third-order valence-electron chi connectivity index (χ3n) is 6.28. The summed E-state index contributed by atoms with van der Waals surface area (Å²) in [7, 11) is 0. The van der Waals surface area contributed by atoms with Crippen LogP contribution >= 0.6 is 15.9 Å². The highest BCUT2D eigenvalue weighted by Crippen LogP contribution is 2.46. The number of carbonyl (C=O) groups is 1. The Morgan fingerprint density at radius 3 is 2.69 bits per heavy atom. The van der Waals surface area contributed by atoms with Crippen molar-refractivity contribution in [3.63, 3.8) is 0 Å². The molecular formula is C31H27BrO4. The third kappa shape index (κ3) is 4.63. The van der Waals surface area contributed by atoms with Gasteiger partial charge in [-0.3, -0.25) is 4.79 Å². The smallest absolute Gasteiger partial charge is 0.229 e. The molecular weight excluding hydrogens is 516 g/mol. The fourth-order valence-corrected chi connectivity index (χ4v) is 4.94. The van der Waals surface area contributed by atoms with Gasteiger partial charge in [-0.1, -0.05) is 66.5 Å². The minimum Gasteiger partial charge on any atom is -0.494 e. The molecule has 0 radical (unpaired) electrons. The summed E-state index contributed by atoms with van der Waals surface area (Å²) in [6.07, 6.45) is 5.13. The Balaban J connectivity index is 1.66. The Morgan fingerprint density at radius 2 is 1.89 bits per heavy atom. The van der Waals surface area contributed by atoms with Crippen LogP contribution < -0.4 is 9.47 Å². The number of furan rings is 1. The van der Waals surface area contributed by atoms with Crippen LogP contribution in [0.2, 0.25) is 0 Å². The average Bonchev–Trinajstić information content (AvgIpc) is 3.26. The van der Waals surface area contributed by atoms with Gasteiger partial charge in [0.1, 0.15) is 22.8 Å². The van der Waals surface area contributed by atoms with E-state index in [9.17, 15) is 4.79 Å². The minimum absolute atomic E-state index is 0.212. The van der Waals surface area contributed by atoms with Crippen LogP contribution in [0.5, 0.6) is 11.5 Å². The maximum atomic E-state index is 13.9. The number of benzene rings is 3. The first kappa shape index (κ1) is 24.1. The Morgan fingerprint density at radius 1 is 1.06 bits per heavy atom. The molecule has 5 rings (SSSR count). The van der Waals surface area contributed by atoms with E-state index in [1.807, 2.05) is 61.5 Å². The van der Waals surface area contributed by atoms with E-state index in [0.29, 0.717) is 40.6 Å². The van der Waals surface area contributed by atoms with Gasteiger partial charge in [0.05, 0.1) is 12.0 Å². The summed E-state index contributed by atoms with van der Waals surface area (Å²) in [5.41, 5.74) is 4.65. The van der Waals surface area contributed by atoms with E-state index in [4.69, 9.17) is 13.9 Å². The molecule has 0 N–H and O–H groups in total. The number of hydrogen-bond acceptors (Lipinski definition) is 4. The molecule has 0 unspecified atom stereocenters. The molecule has 0 amide bonds. The number of unbranched alkanes of at least 4 members (excludes halogenated alkanes) is 2. The molecule has 4 aromatic rings. The van der Waals surface area contributed by atoms with Gasteiger partial charge in [0, 0.05) is 21.2 Å². The Labute approximate surface area is 219 Å². The van der Waals surface area contributed by atoms with Gasteiger partial charge >= 0.3 is 0 Å². The van der Waals surface area contributed by atoms with Crippen molar-refractivity contribution < 1.29 is 18.7 Å². The first-order valence-electron chi connectivity index (χ1n) is 12.1. The number of halogens is 1. The molecule has 182 valence electrons. The minimum atomic E-state index is -0.212. The third-order valence-corrected chi connectivity index (χ3v) is 6.77. The first-order chi connectivity index (χ1) is 17.5. The lowest BCUT2D eigenvalue weighted by Crippen LogP contribution is -2.04. The summed E-state index contributed by atoms with van der Waals surface area (Å²) in [5.74, 6) is 1.93. The maximum Gasteiger partial charge on any atom is 0.229 e. The number of allylic oxidation sites excluding steroid dienone is 2. The molecule has 0 bridgehead atoms. The number of ether oxygens (including phenoxy) is 2. The van der Waals surface area contributed by atoms with Crippen LogP contribution in [0, 0.1) is 0 Å². The van der Waals surface area contributed by atoms with Gasteiger partial charge in [-0.25, -0.2) is 0 Å². The van der Waals surface area contributed by atoms with Crippen LogP contribution in [0.1, 0.15) is 54.8 Å². The second-order valence-corrected chi connectivity index (χ2v) is 9.86. The highest BCUT2D eigenvalue weighted by atomic mass is 79.9. The SMILES string of the molecule is C=C1C=C(C)c2ccc3oc(C(=O)c4cccc(OCCCCC)c4)c(-c4cccc(Br)c4)c3c2O1. The first-order valence-corrected chi connectivity index (χ1v) is 12.9. The molecule has 1 aliphatic heterocycles. The van der Waals surface area contributed by atoms with E-state index in [1.165, 1.54) is 0 Å². The maximum absolute atomic E-state index is 13.9. The van der Waals surface area contributed by atoms with E-state index >= 15 is 0 Å². The molecule has 0 spiro atoms. The quantitative estimate of drug-likeness (QED) is 0.164. The normalized spacial score (nSPS) is 12.8. The van der Waals surface area contributed by atoms with Crippen molar-refractivity contribution in [2.24, 2.45) is 0 Å². The van der Waals surface area contributed by atoms with Crippen molar-refractivity contribution in [3.8, 4) is 22.6 Å². The fraction of sp³-hybridized carbons (Fsp3) is 0.194. The van der Waals surface area contributed by atoms with Gasteiger partial charge in [0.25, 0.3) is 0 Å². The van der Waals surface area contributed by atoms with Crippen LogP contribution in [-0.2, 0) is 0 Å². The fourth-order valence-electron chi connectivity index (χ4n) is 4.54. The van der Waals surface area contributed by atoms with E-state index < -0.39 is 0 Å². The number of ketones is 1. The summed E-state index contributed by atoms with van der Waals surface area (Å²) < 4.78 is 19.2. The molecule has 1 aromatic heterocycles. The molecule has 5 heteroatoms. The van der Waals surface area contributed by atoms with Crippen molar-refractivity contribution in [1.29, 1.82) is 0 Å². The van der Waals surface area contributed by atoms with E-state index in [1.54, 1.807) is 12.1 Å². The van der Waals surface area contributed by atoms with Gasteiger partial charge in [-0.15, -0.1) is 0 Å². The van der Waals surface area contributed by atoms with Crippen molar-refractivity contribution >= 4 is 38.3 Å². The zero-order chi connectivity index (χ0) is 25.2. The highest BCUT2D eigenvalue weighted by Gasteiger charge is 2.28. The van der Waals surface area contributed by atoms with Gasteiger partial charge in [0.15, 0.2) is 5.76 Å². The van der Waals surface area contributed by atoms with Crippen molar-refractivity contribution in [2.75, 3.05) is 6.61 Å². The molecule has 0 fully saturated rings. The van der Waals surface area contributed by atoms with Crippen molar-refractivity contribution in [3.05, 3.63) is 100 Å². The molecule has 4 nitrogen and oxygen atoms in total. The molecule has 3 aromatic carbocycles. The van der Waals surface area contributed by atoms with Crippen LogP contribution in [-0.4, -0.2) is 12.4 Å². The van der Waals surface area contributed by atoms with Gasteiger partial charge in [-0.05, 0) is 67.0 Å². The molecule has 0 aliphatic carbocycles. The van der Waals surface area contributed by atoms with E-state index in [0.717, 1.165) is 45.8 Å².